The molecule has 0 saturated carbocycles. The molecule has 2 aromatic carbocycles. The number of urea groups is 1. The number of nitrogens with one attached hydrogen (secondary N) is 2. The van der Waals surface area contributed by atoms with Gasteiger partial charge in [0.05, 0.1) is 9.08 Å². The van der Waals surface area contributed by atoms with Gasteiger partial charge < -0.3 is 24.8 Å². The summed E-state index contributed by atoms with van der Waals surface area (Å²) in [6, 6.07) is 14.1. The van der Waals surface area contributed by atoms with E-state index in [1.807, 2.05) is 20.8 Å². The van der Waals surface area contributed by atoms with Crippen molar-refractivity contribution in [2.45, 2.75) is 40.8 Å². The van der Waals surface area contributed by atoms with Crippen LogP contribution in [0.4, 0.5) is 4.79 Å². The van der Waals surface area contributed by atoms with Crippen molar-refractivity contribution in [1.29, 1.82) is 0 Å². The molecule has 3 amide bonds. The van der Waals surface area contributed by atoms with Crippen LogP contribution in [0.3, 0.4) is 0 Å². The topological polar surface area (TPSA) is 75.6 Å². The van der Waals surface area contributed by atoms with Crippen LogP contribution in [0, 0.1) is 20.8 Å². The molecule has 3 aromatic rings. The molecule has 0 spiro atoms. The first-order chi connectivity index (χ1) is 17.6. The van der Waals surface area contributed by atoms with E-state index in [0.717, 1.165) is 37.1 Å². The number of ether oxygens (including phenoxy) is 1. The van der Waals surface area contributed by atoms with Crippen LogP contribution >= 0.6 is 31.9 Å². The van der Waals surface area contributed by atoms with Crippen LogP contribution in [-0.4, -0.2) is 41.0 Å². The number of halogens is 2. The summed E-state index contributed by atoms with van der Waals surface area (Å²) in [6.07, 6.45) is 0. The van der Waals surface area contributed by atoms with Gasteiger partial charge in [-0.25, -0.2) is 4.79 Å². The van der Waals surface area contributed by atoms with Gasteiger partial charge in [-0.2, -0.15) is 0 Å². The van der Waals surface area contributed by atoms with Crippen molar-refractivity contribution < 1.29 is 14.3 Å². The van der Waals surface area contributed by atoms with E-state index >= 15 is 0 Å². The first kappa shape index (κ1) is 28.8. The molecular formula is C28H34Br2N4O3. The second kappa shape index (κ2) is 13.1. The zero-order valence-electron chi connectivity index (χ0n) is 22.0. The van der Waals surface area contributed by atoms with Crippen molar-refractivity contribution in [3.8, 4) is 5.75 Å². The lowest BCUT2D eigenvalue weighted by Crippen LogP contribution is -2.42. The summed E-state index contributed by atoms with van der Waals surface area (Å²) < 4.78 is 9.48. The Labute approximate surface area is 235 Å². The monoisotopic (exact) mass is 632 g/mol. The van der Waals surface area contributed by atoms with Crippen molar-refractivity contribution in [3.63, 3.8) is 0 Å². The van der Waals surface area contributed by atoms with Crippen LogP contribution in [-0.2, 0) is 20.2 Å². The second-order valence-corrected chi connectivity index (χ2v) is 10.7. The van der Waals surface area contributed by atoms with Crippen LogP contribution in [0.25, 0.3) is 0 Å². The van der Waals surface area contributed by atoms with Crippen molar-refractivity contribution >= 4 is 43.8 Å². The van der Waals surface area contributed by atoms with Crippen LogP contribution in [0.1, 0.15) is 45.2 Å². The lowest BCUT2D eigenvalue weighted by molar-refractivity contribution is 0.0945. The Balaban J connectivity index is 1.51. The number of hydrogen-bond acceptors (Lipinski definition) is 3. The molecule has 7 nitrogen and oxygen atoms in total. The standard InChI is InChI=1S/C28H34Br2N4O3/c1-6-34(28(36)32-12-11-31-27(35)24-15-23(29)26(30)33(24)5)16-22-13-19(3)25(20(4)14-22)37-17-21-9-7-18(2)8-10-21/h7-10,13-15H,6,11-12,16-17H2,1-5H3,(H,31,35)(H,32,36). The van der Waals surface area contributed by atoms with Gasteiger partial charge in [0.2, 0.25) is 0 Å². The fraction of sp³-hybridized carbons (Fsp3) is 0.357. The summed E-state index contributed by atoms with van der Waals surface area (Å²) in [5.41, 5.74) is 6.01. The fourth-order valence-electron chi connectivity index (χ4n) is 4.05. The highest BCUT2D eigenvalue weighted by Crippen LogP contribution is 2.27. The van der Waals surface area contributed by atoms with Crippen LogP contribution in [0.2, 0.25) is 0 Å². The van der Waals surface area contributed by atoms with Gasteiger partial charge in [-0.15, -0.1) is 0 Å². The Kier molecular flexibility index (Phi) is 10.2. The van der Waals surface area contributed by atoms with E-state index in [9.17, 15) is 9.59 Å². The van der Waals surface area contributed by atoms with Gasteiger partial charge in [0, 0.05) is 33.2 Å². The lowest BCUT2D eigenvalue weighted by atomic mass is 10.0. The zero-order chi connectivity index (χ0) is 27.1. The number of rotatable bonds is 10. The van der Waals surface area contributed by atoms with E-state index in [-0.39, 0.29) is 11.9 Å². The highest BCUT2D eigenvalue weighted by molar-refractivity contribution is 9.13. The third kappa shape index (κ3) is 7.61. The lowest BCUT2D eigenvalue weighted by Gasteiger charge is -2.23. The van der Waals surface area contributed by atoms with Crippen molar-refractivity contribution in [3.05, 3.63) is 85.1 Å². The number of amides is 3. The predicted molar refractivity (Wildman–Crippen MR) is 154 cm³/mol. The molecule has 0 aliphatic rings. The van der Waals surface area contributed by atoms with E-state index in [0.29, 0.717) is 38.5 Å². The number of carbonyl (C=O) groups is 2. The molecule has 37 heavy (non-hydrogen) atoms. The average molecular weight is 634 g/mol. The van der Waals surface area contributed by atoms with Crippen LogP contribution < -0.4 is 15.4 Å². The molecule has 1 heterocycles. The molecule has 0 bridgehead atoms. The summed E-state index contributed by atoms with van der Waals surface area (Å²) in [5, 5.41) is 5.74. The van der Waals surface area contributed by atoms with E-state index in [2.05, 4.69) is 85.8 Å². The Hall–Kier alpha value is -2.78. The third-order valence-corrected chi connectivity index (χ3v) is 8.20. The smallest absolute Gasteiger partial charge is 0.317 e. The minimum Gasteiger partial charge on any atom is -0.488 e. The second-order valence-electron chi connectivity index (χ2n) is 9.06. The summed E-state index contributed by atoms with van der Waals surface area (Å²) in [5.74, 6) is 0.677. The first-order valence-corrected chi connectivity index (χ1v) is 13.8. The molecule has 198 valence electrons. The minimum atomic E-state index is -0.203. The predicted octanol–water partition coefficient (Wildman–Crippen LogP) is 6.02. The number of benzene rings is 2. The van der Waals surface area contributed by atoms with Crippen molar-refractivity contribution in [2.24, 2.45) is 7.05 Å². The van der Waals surface area contributed by atoms with Gasteiger partial charge >= 0.3 is 6.03 Å². The van der Waals surface area contributed by atoms with Gasteiger partial charge in [-0.3, -0.25) is 4.79 Å². The number of aromatic nitrogens is 1. The molecule has 3 rings (SSSR count). The molecule has 0 radical (unpaired) electrons. The van der Waals surface area contributed by atoms with Crippen LogP contribution in [0.5, 0.6) is 5.75 Å². The highest BCUT2D eigenvalue weighted by Gasteiger charge is 2.16. The Morgan fingerprint density at radius 3 is 2.14 bits per heavy atom. The van der Waals surface area contributed by atoms with Crippen LogP contribution in [0.15, 0.2) is 51.5 Å². The number of aryl methyl sites for hydroxylation is 3. The number of carbonyl (C=O) groups excluding carboxylic acids is 2. The molecule has 0 saturated heterocycles. The molecule has 2 N–H and O–H groups in total. The summed E-state index contributed by atoms with van der Waals surface area (Å²) >= 11 is 6.82. The average Bonchev–Trinajstić information content (AvgIpc) is 3.12. The van der Waals surface area contributed by atoms with Gasteiger partial charge in [0.15, 0.2) is 0 Å². The highest BCUT2D eigenvalue weighted by atomic mass is 79.9. The Morgan fingerprint density at radius 2 is 1.57 bits per heavy atom. The van der Waals surface area contributed by atoms with Gasteiger partial charge in [-0.1, -0.05) is 42.0 Å². The van der Waals surface area contributed by atoms with Crippen molar-refractivity contribution in [2.75, 3.05) is 19.6 Å². The van der Waals surface area contributed by atoms with E-state index in [4.69, 9.17) is 4.74 Å². The fourth-order valence-corrected chi connectivity index (χ4v) is 4.84. The molecule has 0 unspecified atom stereocenters. The molecule has 1 aromatic heterocycles. The van der Waals surface area contributed by atoms with E-state index < -0.39 is 0 Å². The number of hydrogen-bond donors (Lipinski definition) is 2. The van der Waals surface area contributed by atoms with Gasteiger partial charge in [0.25, 0.3) is 5.91 Å². The first-order valence-electron chi connectivity index (χ1n) is 12.2. The molecule has 9 heteroatoms. The Morgan fingerprint density at radius 1 is 0.946 bits per heavy atom. The molecular weight excluding hydrogens is 600 g/mol. The maximum Gasteiger partial charge on any atom is 0.317 e. The largest absolute Gasteiger partial charge is 0.488 e. The summed E-state index contributed by atoms with van der Waals surface area (Å²) in [6.45, 7) is 10.3. The van der Waals surface area contributed by atoms with Gasteiger partial charge in [0.1, 0.15) is 18.1 Å². The van der Waals surface area contributed by atoms with Gasteiger partial charge in [-0.05, 0) is 87.9 Å². The van der Waals surface area contributed by atoms with Crippen molar-refractivity contribution in [1.82, 2.24) is 20.1 Å². The molecule has 0 aliphatic heterocycles. The molecule has 0 atom stereocenters. The maximum absolute atomic E-state index is 12.8. The molecule has 0 fully saturated rings. The minimum absolute atomic E-state index is 0.170. The van der Waals surface area contributed by atoms with E-state index in [1.165, 1.54) is 5.56 Å². The molecule has 0 aliphatic carbocycles. The quantitative estimate of drug-likeness (QED) is 0.268. The normalized spacial score (nSPS) is 10.8. The third-order valence-electron chi connectivity index (χ3n) is 6.10. The summed E-state index contributed by atoms with van der Waals surface area (Å²) in [7, 11) is 1.80. The van der Waals surface area contributed by atoms with E-state index in [1.54, 1.807) is 22.6 Å². The Bertz CT molecular complexity index is 1230. The zero-order valence-corrected chi connectivity index (χ0v) is 25.1. The SMILES string of the molecule is CCN(Cc1cc(C)c(OCc2ccc(C)cc2)c(C)c1)C(=O)NCCNC(=O)c1cc(Br)c(Br)n1C. The summed E-state index contributed by atoms with van der Waals surface area (Å²) in [4.78, 5) is 27.0. The maximum atomic E-state index is 12.8. The number of nitrogens with zero attached hydrogens (tertiary/aromatic N) is 2.